The van der Waals surface area contributed by atoms with Gasteiger partial charge in [-0.2, -0.15) is 4.31 Å². The second-order valence-corrected chi connectivity index (χ2v) is 9.87. The van der Waals surface area contributed by atoms with Gasteiger partial charge in [-0.3, -0.25) is 0 Å². The van der Waals surface area contributed by atoms with E-state index in [-0.39, 0.29) is 24.0 Å². The highest BCUT2D eigenvalue weighted by atomic mass is 32.2. The van der Waals surface area contributed by atoms with Gasteiger partial charge in [0.05, 0.1) is 11.5 Å². The molecule has 0 bridgehead atoms. The summed E-state index contributed by atoms with van der Waals surface area (Å²) in [6.45, 7) is 3.81. The topological polar surface area (TPSA) is 86.8 Å². The molecule has 7 nitrogen and oxygen atoms in total. The van der Waals surface area contributed by atoms with Gasteiger partial charge in [0, 0.05) is 39.8 Å². The average molecular weight is 341 g/mol. The summed E-state index contributed by atoms with van der Waals surface area (Å²) in [6.07, 6.45) is 1.88. The lowest BCUT2D eigenvalue weighted by Crippen LogP contribution is -2.54. The predicted octanol–water partition coefficient (Wildman–Crippen LogP) is -0.328. The lowest BCUT2D eigenvalue weighted by atomic mass is 10.1. The van der Waals surface area contributed by atoms with E-state index in [0.29, 0.717) is 19.6 Å². The average Bonchev–Trinajstić information content (AvgIpc) is 2.39. The zero-order chi connectivity index (χ0) is 16.1. The van der Waals surface area contributed by atoms with Crippen LogP contribution in [0.5, 0.6) is 0 Å². The van der Waals surface area contributed by atoms with E-state index in [1.54, 1.807) is 4.31 Å². The summed E-state index contributed by atoms with van der Waals surface area (Å²) >= 11 is 0. The molecule has 0 saturated carbocycles. The Hall–Kier alpha value is -0.220. The fourth-order valence-corrected chi connectivity index (χ4v) is 5.22. The SMILES string of the molecule is CCC[C@H]1CNCCN1S(=O)(=O)CCCS(=O)(=O)N(C)C. The van der Waals surface area contributed by atoms with Crippen LogP contribution in [-0.2, 0) is 20.0 Å². The van der Waals surface area contributed by atoms with E-state index in [1.807, 2.05) is 6.92 Å². The minimum Gasteiger partial charge on any atom is -0.314 e. The quantitative estimate of drug-likeness (QED) is 0.653. The zero-order valence-electron chi connectivity index (χ0n) is 13.1. The molecule has 0 unspecified atom stereocenters. The summed E-state index contributed by atoms with van der Waals surface area (Å²) in [5.74, 6) is -0.246. The van der Waals surface area contributed by atoms with Gasteiger partial charge in [0.1, 0.15) is 0 Å². The number of nitrogens with zero attached hydrogens (tertiary/aromatic N) is 2. The predicted molar refractivity (Wildman–Crippen MR) is 84.1 cm³/mol. The number of hydrogen-bond donors (Lipinski definition) is 1. The molecule has 0 radical (unpaired) electrons. The first-order valence-corrected chi connectivity index (χ1v) is 10.5. The van der Waals surface area contributed by atoms with E-state index >= 15 is 0 Å². The highest BCUT2D eigenvalue weighted by Gasteiger charge is 2.31. The van der Waals surface area contributed by atoms with Crippen molar-refractivity contribution in [1.82, 2.24) is 13.9 Å². The van der Waals surface area contributed by atoms with Crippen LogP contribution in [0.4, 0.5) is 0 Å². The molecular weight excluding hydrogens is 314 g/mol. The first-order valence-electron chi connectivity index (χ1n) is 7.31. The minimum atomic E-state index is -3.39. The van der Waals surface area contributed by atoms with Crippen LogP contribution in [0.1, 0.15) is 26.2 Å². The van der Waals surface area contributed by atoms with Crippen molar-refractivity contribution >= 4 is 20.0 Å². The molecule has 1 fully saturated rings. The second-order valence-electron chi connectivity index (χ2n) is 5.53. The Balaban J connectivity index is 2.63. The third-order valence-corrected chi connectivity index (χ3v) is 7.55. The Morgan fingerprint density at radius 1 is 1.19 bits per heavy atom. The number of rotatable bonds is 8. The van der Waals surface area contributed by atoms with Crippen molar-refractivity contribution in [2.24, 2.45) is 0 Å². The summed E-state index contributed by atoms with van der Waals surface area (Å²) in [5.41, 5.74) is 0. The van der Waals surface area contributed by atoms with Crippen molar-refractivity contribution < 1.29 is 16.8 Å². The smallest absolute Gasteiger partial charge is 0.214 e. The number of sulfonamides is 2. The summed E-state index contributed by atoms with van der Waals surface area (Å²) in [4.78, 5) is 0. The van der Waals surface area contributed by atoms with Gasteiger partial charge < -0.3 is 5.32 Å². The largest absolute Gasteiger partial charge is 0.314 e. The maximum absolute atomic E-state index is 12.4. The fraction of sp³-hybridized carbons (Fsp3) is 1.00. The van der Waals surface area contributed by atoms with Crippen molar-refractivity contribution in [3.8, 4) is 0 Å². The van der Waals surface area contributed by atoms with Gasteiger partial charge in [-0.1, -0.05) is 13.3 Å². The Morgan fingerprint density at radius 3 is 2.43 bits per heavy atom. The maximum Gasteiger partial charge on any atom is 0.214 e. The van der Waals surface area contributed by atoms with Gasteiger partial charge in [0.2, 0.25) is 20.0 Å². The van der Waals surface area contributed by atoms with Crippen LogP contribution in [-0.4, -0.2) is 76.7 Å². The van der Waals surface area contributed by atoms with Crippen molar-refractivity contribution in [1.29, 1.82) is 0 Å². The number of piperazine rings is 1. The molecule has 1 aliphatic heterocycles. The monoisotopic (exact) mass is 341 g/mol. The Bertz CT molecular complexity index is 515. The lowest BCUT2D eigenvalue weighted by Gasteiger charge is -2.35. The normalized spacial score (nSPS) is 21.8. The molecular formula is C12H27N3O4S2. The van der Waals surface area contributed by atoms with Crippen molar-refractivity contribution in [3.63, 3.8) is 0 Å². The second kappa shape index (κ2) is 7.87. The van der Waals surface area contributed by atoms with Gasteiger partial charge >= 0.3 is 0 Å². The van der Waals surface area contributed by atoms with Crippen LogP contribution >= 0.6 is 0 Å². The van der Waals surface area contributed by atoms with Gasteiger partial charge in [-0.05, 0) is 12.8 Å². The number of hydrogen-bond acceptors (Lipinski definition) is 5. The third kappa shape index (κ3) is 5.48. The Morgan fingerprint density at radius 2 is 1.86 bits per heavy atom. The molecule has 0 spiro atoms. The highest BCUT2D eigenvalue weighted by molar-refractivity contribution is 7.90. The summed E-state index contributed by atoms with van der Waals surface area (Å²) in [5, 5.41) is 3.21. The Kier molecular flexibility index (Phi) is 7.05. The lowest BCUT2D eigenvalue weighted by molar-refractivity contribution is 0.254. The van der Waals surface area contributed by atoms with Crippen LogP contribution in [0.15, 0.2) is 0 Å². The van der Waals surface area contributed by atoms with E-state index in [1.165, 1.54) is 14.1 Å². The molecule has 0 aromatic rings. The molecule has 1 aliphatic rings. The first kappa shape index (κ1) is 18.8. The maximum atomic E-state index is 12.4. The molecule has 0 aliphatic carbocycles. The van der Waals surface area contributed by atoms with Gasteiger partial charge in [-0.25, -0.2) is 21.1 Å². The van der Waals surface area contributed by atoms with E-state index in [9.17, 15) is 16.8 Å². The van der Waals surface area contributed by atoms with Crippen LogP contribution in [0.25, 0.3) is 0 Å². The first-order chi connectivity index (χ1) is 9.70. The van der Waals surface area contributed by atoms with Gasteiger partial charge in [-0.15, -0.1) is 0 Å². The molecule has 21 heavy (non-hydrogen) atoms. The standard InChI is InChI=1S/C12H27N3O4S2/c1-4-6-12-11-13-7-8-15(12)21(18,19)10-5-9-20(16,17)14(2)3/h12-13H,4-11H2,1-3H3/t12-/m0/s1. The summed E-state index contributed by atoms with van der Waals surface area (Å²) in [6, 6.07) is -0.0146. The van der Waals surface area contributed by atoms with Crippen molar-refractivity contribution in [2.45, 2.75) is 32.2 Å². The van der Waals surface area contributed by atoms with E-state index in [2.05, 4.69) is 5.32 Å². The molecule has 0 amide bonds. The Labute approximate surface area is 128 Å². The summed E-state index contributed by atoms with van der Waals surface area (Å²) < 4.78 is 50.8. The van der Waals surface area contributed by atoms with Gasteiger partial charge in [0.15, 0.2) is 0 Å². The van der Waals surface area contributed by atoms with E-state index in [4.69, 9.17) is 0 Å². The van der Waals surface area contributed by atoms with Crippen LogP contribution in [0.3, 0.4) is 0 Å². The van der Waals surface area contributed by atoms with E-state index in [0.717, 1.165) is 17.1 Å². The highest BCUT2D eigenvalue weighted by Crippen LogP contribution is 2.16. The molecule has 1 heterocycles. The molecule has 0 aromatic heterocycles. The number of nitrogens with one attached hydrogen (secondary N) is 1. The minimum absolute atomic E-state index is 0.0146. The zero-order valence-corrected chi connectivity index (χ0v) is 14.7. The van der Waals surface area contributed by atoms with Crippen LogP contribution in [0.2, 0.25) is 0 Å². The van der Waals surface area contributed by atoms with Crippen LogP contribution in [0, 0.1) is 0 Å². The molecule has 126 valence electrons. The molecule has 9 heteroatoms. The molecule has 1 saturated heterocycles. The van der Waals surface area contributed by atoms with Crippen molar-refractivity contribution in [2.75, 3.05) is 45.2 Å². The summed E-state index contributed by atoms with van der Waals surface area (Å²) in [7, 11) is -3.82. The van der Waals surface area contributed by atoms with E-state index < -0.39 is 20.0 Å². The van der Waals surface area contributed by atoms with Crippen LogP contribution < -0.4 is 5.32 Å². The molecule has 0 aromatic carbocycles. The van der Waals surface area contributed by atoms with Crippen molar-refractivity contribution in [3.05, 3.63) is 0 Å². The van der Waals surface area contributed by atoms with Gasteiger partial charge in [0.25, 0.3) is 0 Å². The third-order valence-electron chi connectivity index (χ3n) is 3.64. The fourth-order valence-electron chi connectivity index (χ4n) is 2.41. The molecule has 1 N–H and O–H groups in total. The molecule has 1 atom stereocenters. The molecule has 1 rings (SSSR count).